The van der Waals surface area contributed by atoms with Crippen LogP contribution in [0.4, 0.5) is 18.9 Å². The van der Waals surface area contributed by atoms with Crippen LogP contribution in [0.3, 0.4) is 0 Å². The van der Waals surface area contributed by atoms with Gasteiger partial charge in [0.15, 0.2) is 9.84 Å². The van der Waals surface area contributed by atoms with Crippen molar-refractivity contribution in [3.63, 3.8) is 0 Å². The molecule has 18 heavy (non-hydrogen) atoms. The van der Waals surface area contributed by atoms with Crippen LogP contribution in [0, 0.1) is 12.3 Å². The summed E-state index contributed by atoms with van der Waals surface area (Å²) in [7, 11) is -3.69. The van der Waals surface area contributed by atoms with Crippen molar-refractivity contribution in [2.24, 2.45) is 0 Å². The molecule has 3 nitrogen and oxygen atoms in total. The van der Waals surface area contributed by atoms with E-state index in [4.69, 9.17) is 6.42 Å². The summed E-state index contributed by atoms with van der Waals surface area (Å²) >= 11 is 0. The van der Waals surface area contributed by atoms with E-state index in [1.165, 1.54) is 0 Å². The third kappa shape index (κ3) is 3.40. The molecule has 1 aromatic carbocycles. The number of hydrogen-bond donors (Lipinski definition) is 1. The highest BCUT2D eigenvalue weighted by atomic mass is 32.2. The summed E-state index contributed by atoms with van der Waals surface area (Å²) in [6.45, 7) is -0.0820. The minimum atomic E-state index is -4.66. The van der Waals surface area contributed by atoms with E-state index >= 15 is 0 Å². The maximum atomic E-state index is 12.8. The number of nitrogens with one attached hydrogen (secondary N) is 1. The Morgan fingerprint density at radius 1 is 1.39 bits per heavy atom. The molecule has 0 spiro atoms. The minimum Gasteiger partial charge on any atom is -0.374 e. The van der Waals surface area contributed by atoms with E-state index in [0.29, 0.717) is 6.07 Å². The molecule has 0 aliphatic carbocycles. The molecule has 1 aromatic rings. The maximum Gasteiger partial charge on any atom is 0.418 e. The Bertz CT molecular complexity index is 585. The van der Waals surface area contributed by atoms with Crippen LogP contribution in [0.2, 0.25) is 0 Å². The quantitative estimate of drug-likeness (QED) is 0.861. The highest BCUT2D eigenvalue weighted by Gasteiger charge is 2.34. The number of terminal acetylenes is 1. The van der Waals surface area contributed by atoms with Gasteiger partial charge in [-0.2, -0.15) is 13.2 Å². The molecule has 0 amide bonds. The molecule has 0 aromatic heterocycles. The number of hydrogen-bond acceptors (Lipinski definition) is 3. The zero-order valence-corrected chi connectivity index (χ0v) is 10.2. The first-order valence-electron chi connectivity index (χ1n) is 4.75. The smallest absolute Gasteiger partial charge is 0.374 e. The number of benzene rings is 1. The number of anilines is 1. The molecular formula is C11H10F3NO2S. The van der Waals surface area contributed by atoms with Crippen LogP contribution in [0.5, 0.6) is 0 Å². The number of sulfone groups is 1. The molecule has 7 heteroatoms. The molecule has 0 fully saturated rings. The predicted octanol–water partition coefficient (Wildman–Crippen LogP) is 2.15. The second kappa shape index (κ2) is 4.90. The Morgan fingerprint density at radius 2 is 2.00 bits per heavy atom. The minimum absolute atomic E-state index is 0.0820. The van der Waals surface area contributed by atoms with Gasteiger partial charge in [0.05, 0.1) is 17.0 Å². The lowest BCUT2D eigenvalue weighted by Gasteiger charge is -2.14. The van der Waals surface area contributed by atoms with Crippen LogP contribution in [0.15, 0.2) is 23.1 Å². The lowest BCUT2D eigenvalue weighted by Crippen LogP contribution is -2.12. The zero-order chi connectivity index (χ0) is 14.0. The monoisotopic (exact) mass is 277 g/mol. The molecule has 0 bridgehead atoms. The Labute approximate surface area is 103 Å². The third-order valence-corrected chi connectivity index (χ3v) is 3.22. The molecule has 0 unspecified atom stereocenters. The normalized spacial score (nSPS) is 11.9. The summed E-state index contributed by atoms with van der Waals surface area (Å²) in [5, 5.41) is 2.40. The van der Waals surface area contributed by atoms with E-state index < -0.39 is 21.6 Å². The van der Waals surface area contributed by atoms with E-state index in [1.54, 1.807) is 0 Å². The molecule has 0 saturated carbocycles. The van der Waals surface area contributed by atoms with E-state index in [1.807, 2.05) is 0 Å². The van der Waals surface area contributed by atoms with Gasteiger partial charge in [0.1, 0.15) is 0 Å². The van der Waals surface area contributed by atoms with Crippen LogP contribution >= 0.6 is 0 Å². The van der Waals surface area contributed by atoms with Crippen molar-refractivity contribution >= 4 is 15.5 Å². The van der Waals surface area contributed by atoms with E-state index in [9.17, 15) is 21.6 Å². The summed E-state index contributed by atoms with van der Waals surface area (Å²) in [5.41, 5.74) is -1.30. The van der Waals surface area contributed by atoms with Gasteiger partial charge >= 0.3 is 6.18 Å². The fourth-order valence-corrected chi connectivity index (χ4v) is 1.94. The SMILES string of the molecule is C#CCNc1ccc(S(C)(=O)=O)cc1C(F)(F)F. The van der Waals surface area contributed by atoms with Gasteiger partial charge in [-0.15, -0.1) is 6.42 Å². The lowest BCUT2D eigenvalue weighted by molar-refractivity contribution is -0.137. The van der Waals surface area contributed by atoms with Gasteiger partial charge in [-0.05, 0) is 18.2 Å². The molecule has 1 N–H and O–H groups in total. The summed E-state index contributed by atoms with van der Waals surface area (Å²) in [6, 6.07) is 2.74. The standard InChI is InChI=1S/C11H10F3NO2S/c1-3-6-15-10-5-4-8(18(2,16)17)7-9(10)11(12,13)14/h1,4-5,7,15H,6H2,2H3. The molecule has 0 saturated heterocycles. The van der Waals surface area contributed by atoms with Crippen molar-refractivity contribution in [3.05, 3.63) is 23.8 Å². The van der Waals surface area contributed by atoms with Gasteiger partial charge in [0, 0.05) is 11.9 Å². The highest BCUT2D eigenvalue weighted by molar-refractivity contribution is 7.90. The number of rotatable bonds is 3. The van der Waals surface area contributed by atoms with Gasteiger partial charge in [-0.3, -0.25) is 0 Å². The van der Waals surface area contributed by atoms with Gasteiger partial charge in [-0.1, -0.05) is 5.92 Å². The third-order valence-electron chi connectivity index (χ3n) is 2.11. The second-order valence-electron chi connectivity index (χ2n) is 3.53. The summed E-state index contributed by atoms with van der Waals surface area (Å²) in [4.78, 5) is -0.388. The van der Waals surface area contributed by atoms with Crippen molar-refractivity contribution in [2.75, 3.05) is 18.1 Å². The predicted molar refractivity (Wildman–Crippen MR) is 61.9 cm³/mol. The Hall–Kier alpha value is -1.68. The molecule has 0 radical (unpaired) electrons. The van der Waals surface area contributed by atoms with Gasteiger partial charge in [0.25, 0.3) is 0 Å². The second-order valence-corrected chi connectivity index (χ2v) is 5.55. The van der Waals surface area contributed by atoms with Crippen molar-refractivity contribution in [1.29, 1.82) is 0 Å². The topological polar surface area (TPSA) is 46.2 Å². The largest absolute Gasteiger partial charge is 0.418 e. The van der Waals surface area contributed by atoms with Crippen molar-refractivity contribution in [1.82, 2.24) is 0 Å². The van der Waals surface area contributed by atoms with E-state index in [-0.39, 0.29) is 17.1 Å². The van der Waals surface area contributed by atoms with Crippen LogP contribution in [0.25, 0.3) is 0 Å². The summed E-state index contributed by atoms with van der Waals surface area (Å²) in [5.74, 6) is 2.14. The summed E-state index contributed by atoms with van der Waals surface area (Å²) < 4.78 is 60.7. The Morgan fingerprint density at radius 3 is 2.44 bits per heavy atom. The van der Waals surface area contributed by atoms with Gasteiger partial charge < -0.3 is 5.32 Å². The Kier molecular flexibility index (Phi) is 3.92. The highest BCUT2D eigenvalue weighted by Crippen LogP contribution is 2.36. The van der Waals surface area contributed by atoms with Crippen molar-refractivity contribution in [3.8, 4) is 12.3 Å². The van der Waals surface area contributed by atoms with Crippen LogP contribution in [-0.4, -0.2) is 21.2 Å². The first-order valence-corrected chi connectivity index (χ1v) is 6.64. The average molecular weight is 277 g/mol. The molecule has 0 aliphatic rings. The summed E-state index contributed by atoms with van der Waals surface area (Å²) in [6.07, 6.45) is 1.13. The average Bonchev–Trinajstić information content (AvgIpc) is 2.23. The van der Waals surface area contributed by atoms with Gasteiger partial charge in [0.2, 0.25) is 0 Å². The molecule has 98 valence electrons. The molecule has 0 aliphatic heterocycles. The van der Waals surface area contributed by atoms with Crippen LogP contribution in [0.1, 0.15) is 5.56 Å². The first kappa shape index (κ1) is 14.4. The molecular weight excluding hydrogens is 267 g/mol. The van der Waals surface area contributed by atoms with Gasteiger partial charge in [-0.25, -0.2) is 8.42 Å². The fraction of sp³-hybridized carbons (Fsp3) is 0.273. The van der Waals surface area contributed by atoms with Crippen LogP contribution < -0.4 is 5.32 Å². The van der Waals surface area contributed by atoms with Crippen molar-refractivity contribution < 1.29 is 21.6 Å². The number of halogens is 3. The molecule has 1 rings (SSSR count). The zero-order valence-electron chi connectivity index (χ0n) is 9.38. The fourth-order valence-electron chi connectivity index (χ4n) is 1.29. The van der Waals surface area contributed by atoms with Crippen LogP contribution in [-0.2, 0) is 16.0 Å². The van der Waals surface area contributed by atoms with Crippen molar-refractivity contribution in [2.45, 2.75) is 11.1 Å². The van der Waals surface area contributed by atoms with E-state index in [0.717, 1.165) is 18.4 Å². The Balaban J connectivity index is 3.36. The number of alkyl halides is 3. The molecule has 0 heterocycles. The molecule has 0 atom stereocenters. The van der Waals surface area contributed by atoms with E-state index in [2.05, 4.69) is 11.2 Å². The first-order chi connectivity index (χ1) is 8.16. The maximum absolute atomic E-state index is 12.8. The lowest BCUT2D eigenvalue weighted by atomic mass is 10.1.